The molecule has 1 nitrogen and oxygen atoms in total. The lowest BCUT2D eigenvalue weighted by Crippen LogP contribution is -1.83. The van der Waals surface area contributed by atoms with E-state index < -0.39 is 0 Å². The van der Waals surface area contributed by atoms with Crippen LogP contribution >= 0.6 is 0 Å². The largest absolute Gasteiger partial charge is 0.472 e. The Balaban J connectivity index is 2.20. The minimum absolute atomic E-state index is 1.07. The second-order valence-corrected chi connectivity index (χ2v) is 7.59. The number of rotatable bonds is 13. The minimum atomic E-state index is 1.07. The first-order chi connectivity index (χ1) is 13.0. The molecule has 0 atom stereocenters. The van der Waals surface area contributed by atoms with Crippen molar-refractivity contribution in [1.29, 1.82) is 0 Å². The monoisotopic (exact) mass is 366 g/mol. The molecule has 0 saturated carbocycles. The highest BCUT2D eigenvalue weighted by Gasteiger charge is 1.95. The molecule has 0 aliphatic carbocycles. The van der Waals surface area contributed by atoms with Crippen LogP contribution < -0.4 is 0 Å². The van der Waals surface area contributed by atoms with Crippen molar-refractivity contribution in [2.75, 3.05) is 0 Å². The van der Waals surface area contributed by atoms with E-state index in [1.54, 1.807) is 6.26 Å². The van der Waals surface area contributed by atoms with Gasteiger partial charge in [-0.15, -0.1) is 0 Å². The van der Waals surface area contributed by atoms with Gasteiger partial charge in [0.1, 0.15) is 0 Å². The minimum Gasteiger partial charge on any atom is -0.472 e. The van der Waals surface area contributed by atoms with Gasteiger partial charge in [-0.25, -0.2) is 0 Å². The van der Waals surface area contributed by atoms with Gasteiger partial charge in [-0.1, -0.05) is 59.3 Å². The average Bonchev–Trinajstić information content (AvgIpc) is 3.15. The van der Waals surface area contributed by atoms with Crippen LogP contribution in [0.2, 0.25) is 0 Å². The molecule has 1 rings (SSSR count). The van der Waals surface area contributed by atoms with Crippen molar-refractivity contribution in [3.8, 4) is 0 Å². The van der Waals surface area contributed by atoms with Gasteiger partial charge in [0.2, 0.25) is 0 Å². The van der Waals surface area contributed by atoms with E-state index in [9.17, 15) is 0 Å². The molecule has 1 aromatic rings. The molecule has 1 heterocycles. The van der Waals surface area contributed by atoms with E-state index in [0.29, 0.717) is 0 Å². The van der Waals surface area contributed by atoms with E-state index >= 15 is 0 Å². The Hall–Kier alpha value is -2.02. The highest BCUT2D eigenvalue weighted by molar-refractivity contribution is 5.14. The van der Waals surface area contributed by atoms with Crippen molar-refractivity contribution < 1.29 is 4.42 Å². The molecule has 0 spiro atoms. The van der Waals surface area contributed by atoms with Crippen molar-refractivity contribution in [2.45, 2.75) is 79.1 Å². The molecule has 0 saturated heterocycles. The van der Waals surface area contributed by atoms with Gasteiger partial charge in [-0.3, -0.25) is 0 Å². The fourth-order valence-corrected chi connectivity index (χ4v) is 2.93. The predicted octanol–water partition coefficient (Wildman–Crippen LogP) is 8.52. The van der Waals surface area contributed by atoms with Crippen molar-refractivity contribution in [2.24, 2.45) is 0 Å². The van der Waals surface area contributed by atoms with Crippen molar-refractivity contribution in [3.63, 3.8) is 0 Å². The first-order valence-corrected chi connectivity index (χ1v) is 10.3. The molecule has 0 bridgehead atoms. The van der Waals surface area contributed by atoms with Crippen molar-refractivity contribution >= 4 is 0 Å². The van der Waals surface area contributed by atoms with Gasteiger partial charge in [-0.2, -0.15) is 0 Å². The number of aryl methyl sites for hydroxylation is 1. The third-order valence-electron chi connectivity index (χ3n) is 4.90. The fraction of sp³-hybridized carbons (Fsp3) is 0.462. The van der Waals surface area contributed by atoms with Gasteiger partial charge >= 0.3 is 0 Å². The van der Waals surface area contributed by atoms with Crippen LogP contribution in [0.25, 0.3) is 0 Å². The number of allylic oxidation sites excluding steroid dienone is 9. The molecule has 0 fully saturated rings. The molecule has 0 radical (unpaired) electrons. The molecule has 0 aromatic carbocycles. The number of furan rings is 1. The summed E-state index contributed by atoms with van der Waals surface area (Å²) in [5.74, 6) is 0. The van der Waals surface area contributed by atoms with Gasteiger partial charge in [0.15, 0.2) is 0 Å². The molecule has 1 heteroatoms. The highest BCUT2D eigenvalue weighted by atomic mass is 16.3. The van der Waals surface area contributed by atoms with Crippen LogP contribution in [0.4, 0.5) is 0 Å². The number of hydrogen-bond acceptors (Lipinski definition) is 1. The van der Waals surface area contributed by atoms with Crippen LogP contribution in [-0.4, -0.2) is 0 Å². The van der Waals surface area contributed by atoms with Gasteiger partial charge in [0.05, 0.1) is 12.5 Å². The zero-order valence-corrected chi connectivity index (χ0v) is 17.9. The molecular weight excluding hydrogens is 328 g/mol. The lowest BCUT2D eigenvalue weighted by atomic mass is 10.0. The lowest BCUT2D eigenvalue weighted by Gasteiger charge is -2.03. The molecular formula is C26H38O. The standard InChI is InChI=1S/C26H38O/c1-6-22(2)11-7-12-23(3)13-8-14-24(4)15-9-16-25(5)17-10-18-26-19-20-27-21-26/h6,11,13,15,17,19-21H,1,7-10,12,14,16,18H2,2-5H3/b22-11+,23-13+,24-15+,25-17+. The lowest BCUT2D eigenvalue weighted by molar-refractivity contribution is 0.564. The van der Waals surface area contributed by atoms with Crippen molar-refractivity contribution in [1.82, 2.24) is 0 Å². The molecule has 148 valence electrons. The quantitative estimate of drug-likeness (QED) is 0.252. The molecule has 0 N–H and O–H groups in total. The Labute approximate surface area is 167 Å². The smallest absolute Gasteiger partial charge is 0.0934 e. The topological polar surface area (TPSA) is 13.1 Å². The van der Waals surface area contributed by atoms with Crippen LogP contribution in [0, 0.1) is 0 Å². The van der Waals surface area contributed by atoms with Crippen LogP contribution in [0.3, 0.4) is 0 Å². The van der Waals surface area contributed by atoms with Gasteiger partial charge in [0.25, 0.3) is 0 Å². The Morgan fingerprint density at radius 2 is 1.33 bits per heavy atom. The van der Waals surface area contributed by atoms with E-state index in [1.807, 2.05) is 18.4 Å². The first-order valence-electron chi connectivity index (χ1n) is 10.3. The summed E-state index contributed by atoms with van der Waals surface area (Å²) in [6, 6.07) is 2.05. The molecule has 1 aromatic heterocycles. The van der Waals surface area contributed by atoms with Crippen molar-refractivity contribution in [3.05, 3.63) is 83.4 Å². The Bertz CT molecular complexity index is 650. The Morgan fingerprint density at radius 1 is 0.815 bits per heavy atom. The summed E-state index contributed by atoms with van der Waals surface area (Å²) >= 11 is 0. The van der Waals surface area contributed by atoms with Crippen LogP contribution in [0.15, 0.2) is 82.3 Å². The summed E-state index contributed by atoms with van der Waals surface area (Å²) in [4.78, 5) is 0. The maximum absolute atomic E-state index is 5.10. The van der Waals surface area contributed by atoms with E-state index in [4.69, 9.17) is 4.42 Å². The summed E-state index contributed by atoms with van der Waals surface area (Å²) in [6.45, 7) is 12.6. The predicted molar refractivity (Wildman–Crippen MR) is 120 cm³/mol. The van der Waals surface area contributed by atoms with Crippen LogP contribution in [0.5, 0.6) is 0 Å². The summed E-state index contributed by atoms with van der Waals surface area (Å²) in [7, 11) is 0. The Kier molecular flexibility index (Phi) is 12.0. The zero-order chi connectivity index (χ0) is 19.9. The molecule has 0 amide bonds. The number of hydrogen-bond donors (Lipinski definition) is 0. The van der Waals surface area contributed by atoms with E-state index in [1.165, 1.54) is 34.3 Å². The molecule has 0 aliphatic rings. The van der Waals surface area contributed by atoms with E-state index in [2.05, 4.69) is 58.6 Å². The Morgan fingerprint density at radius 3 is 1.81 bits per heavy atom. The molecule has 27 heavy (non-hydrogen) atoms. The van der Waals surface area contributed by atoms with Gasteiger partial charge in [0, 0.05) is 0 Å². The normalized spacial score (nSPS) is 13.9. The SMILES string of the molecule is C=C/C(C)=C/CC/C(C)=C/CC/C(C)=C/CC/C(C)=C/CCc1ccoc1. The molecule has 0 aliphatic heterocycles. The van der Waals surface area contributed by atoms with Gasteiger partial charge in [-0.05, 0) is 90.7 Å². The summed E-state index contributed by atoms with van der Waals surface area (Å²) < 4.78 is 5.10. The summed E-state index contributed by atoms with van der Waals surface area (Å²) in [5, 5.41) is 0. The third-order valence-corrected chi connectivity index (χ3v) is 4.90. The average molecular weight is 367 g/mol. The molecule has 0 unspecified atom stereocenters. The highest BCUT2D eigenvalue weighted by Crippen LogP contribution is 2.14. The maximum Gasteiger partial charge on any atom is 0.0934 e. The second-order valence-electron chi connectivity index (χ2n) is 7.59. The maximum atomic E-state index is 5.10. The van der Waals surface area contributed by atoms with E-state index in [-0.39, 0.29) is 0 Å². The zero-order valence-electron chi connectivity index (χ0n) is 17.9. The fourth-order valence-electron chi connectivity index (χ4n) is 2.93. The first kappa shape index (κ1) is 23.0. The third kappa shape index (κ3) is 12.1. The van der Waals surface area contributed by atoms with Gasteiger partial charge < -0.3 is 4.42 Å². The summed E-state index contributed by atoms with van der Waals surface area (Å²) in [6.07, 6.45) is 24.0. The van der Waals surface area contributed by atoms with E-state index in [0.717, 1.165) is 44.9 Å². The summed E-state index contributed by atoms with van der Waals surface area (Å²) in [5.41, 5.74) is 7.04. The van der Waals surface area contributed by atoms with Crippen LogP contribution in [0.1, 0.15) is 78.2 Å². The second kappa shape index (κ2) is 14.1. The van der Waals surface area contributed by atoms with Crippen LogP contribution in [-0.2, 0) is 6.42 Å².